The molecule has 6 heteroatoms. The van der Waals surface area contributed by atoms with Crippen molar-refractivity contribution >= 4 is 11.9 Å². The van der Waals surface area contributed by atoms with Gasteiger partial charge in [0.2, 0.25) is 0 Å². The molecule has 2 atom stereocenters. The van der Waals surface area contributed by atoms with E-state index in [0.717, 1.165) is 18.5 Å². The second kappa shape index (κ2) is 7.91. The van der Waals surface area contributed by atoms with Gasteiger partial charge in [-0.15, -0.1) is 0 Å². The van der Waals surface area contributed by atoms with Crippen molar-refractivity contribution in [3.63, 3.8) is 0 Å². The summed E-state index contributed by atoms with van der Waals surface area (Å²) in [4.78, 5) is 24.3. The fraction of sp³-hybridized carbons (Fsp3) is 0.500. The average molecular weight is 306 g/mol. The van der Waals surface area contributed by atoms with Crippen molar-refractivity contribution in [3.05, 3.63) is 35.9 Å². The molecule has 0 aromatic heterocycles. The van der Waals surface area contributed by atoms with E-state index in [1.807, 2.05) is 35.2 Å². The number of hydrogen-bond donors (Lipinski definition) is 3. The van der Waals surface area contributed by atoms with Crippen LogP contribution in [0, 0.1) is 0 Å². The van der Waals surface area contributed by atoms with E-state index in [1.54, 1.807) is 0 Å². The van der Waals surface area contributed by atoms with Gasteiger partial charge < -0.3 is 15.5 Å². The van der Waals surface area contributed by atoms with Gasteiger partial charge in [0.1, 0.15) is 12.1 Å². The smallest absolute Gasteiger partial charge is 0.321 e. The Kier molecular flexibility index (Phi) is 5.91. The summed E-state index contributed by atoms with van der Waals surface area (Å²) >= 11 is 0. The summed E-state index contributed by atoms with van der Waals surface area (Å²) < 4.78 is 0. The molecule has 0 bridgehead atoms. The maximum atomic E-state index is 11.3. The van der Waals surface area contributed by atoms with Gasteiger partial charge in [0.15, 0.2) is 0 Å². The number of carbonyl (C=O) groups is 2. The van der Waals surface area contributed by atoms with E-state index in [4.69, 9.17) is 5.11 Å². The molecule has 1 heterocycles. The highest BCUT2D eigenvalue weighted by atomic mass is 16.4. The van der Waals surface area contributed by atoms with Crippen LogP contribution in [0.3, 0.4) is 0 Å². The second-order valence-electron chi connectivity index (χ2n) is 5.57. The molecule has 0 radical (unpaired) electrons. The van der Waals surface area contributed by atoms with Crippen LogP contribution in [-0.2, 0) is 16.0 Å². The molecule has 0 unspecified atom stereocenters. The van der Waals surface area contributed by atoms with Gasteiger partial charge in [0.05, 0.1) is 0 Å². The van der Waals surface area contributed by atoms with Gasteiger partial charge in [-0.2, -0.15) is 0 Å². The molecular formula is C16H22N2O4. The van der Waals surface area contributed by atoms with Crippen LogP contribution in [0.5, 0.6) is 0 Å². The summed E-state index contributed by atoms with van der Waals surface area (Å²) in [6.07, 6.45) is 1.96. The van der Waals surface area contributed by atoms with E-state index in [-0.39, 0.29) is 0 Å². The Bertz CT molecular complexity index is 506. The molecule has 1 aliphatic heterocycles. The number of carboxylic acids is 2. The molecule has 22 heavy (non-hydrogen) atoms. The molecule has 2 rings (SSSR count). The van der Waals surface area contributed by atoms with Crippen LogP contribution < -0.4 is 5.32 Å². The summed E-state index contributed by atoms with van der Waals surface area (Å²) in [6.45, 7) is 1.78. The Hall–Kier alpha value is -1.92. The molecule has 1 aromatic rings. The van der Waals surface area contributed by atoms with E-state index in [9.17, 15) is 14.7 Å². The molecule has 0 amide bonds. The van der Waals surface area contributed by atoms with Crippen LogP contribution >= 0.6 is 0 Å². The number of nitrogens with zero attached hydrogens (tertiary/aromatic N) is 1. The number of aliphatic carboxylic acids is 2. The third kappa shape index (κ3) is 4.54. The zero-order valence-corrected chi connectivity index (χ0v) is 12.4. The van der Waals surface area contributed by atoms with Crippen molar-refractivity contribution < 1.29 is 19.8 Å². The first-order valence-electron chi connectivity index (χ1n) is 7.55. The van der Waals surface area contributed by atoms with Crippen molar-refractivity contribution in [2.75, 3.05) is 19.6 Å². The summed E-state index contributed by atoms with van der Waals surface area (Å²) in [5.41, 5.74) is 0.965. The van der Waals surface area contributed by atoms with E-state index < -0.39 is 24.0 Å². The Morgan fingerprint density at radius 1 is 1.27 bits per heavy atom. The minimum absolute atomic E-state index is 0.415. The van der Waals surface area contributed by atoms with Crippen molar-refractivity contribution in [2.45, 2.75) is 31.3 Å². The van der Waals surface area contributed by atoms with Crippen molar-refractivity contribution in [1.29, 1.82) is 0 Å². The van der Waals surface area contributed by atoms with Crippen LogP contribution in [0.4, 0.5) is 0 Å². The lowest BCUT2D eigenvalue weighted by Crippen LogP contribution is -2.45. The number of likely N-dealkylation sites (tertiary alicyclic amines) is 1. The number of carboxylic acid groups (broad SMARTS) is 2. The van der Waals surface area contributed by atoms with E-state index in [0.29, 0.717) is 25.9 Å². The molecular weight excluding hydrogens is 284 g/mol. The molecule has 1 saturated heterocycles. The molecule has 120 valence electrons. The molecule has 1 aliphatic rings. The van der Waals surface area contributed by atoms with E-state index in [1.165, 1.54) is 0 Å². The molecule has 3 N–H and O–H groups in total. The highest BCUT2D eigenvalue weighted by Gasteiger charge is 2.30. The van der Waals surface area contributed by atoms with Gasteiger partial charge >= 0.3 is 11.9 Å². The Morgan fingerprint density at radius 3 is 2.64 bits per heavy atom. The van der Waals surface area contributed by atoms with Crippen molar-refractivity contribution in [3.8, 4) is 0 Å². The van der Waals surface area contributed by atoms with E-state index >= 15 is 0 Å². The molecule has 0 saturated carbocycles. The Labute approximate surface area is 129 Å². The largest absolute Gasteiger partial charge is 0.480 e. The van der Waals surface area contributed by atoms with Gasteiger partial charge in [0, 0.05) is 13.1 Å². The monoisotopic (exact) mass is 306 g/mol. The predicted molar refractivity (Wildman–Crippen MR) is 81.8 cm³/mol. The van der Waals surface area contributed by atoms with Crippen LogP contribution in [0.1, 0.15) is 18.4 Å². The molecule has 1 aromatic carbocycles. The number of rotatable bonds is 8. The molecule has 1 fully saturated rings. The molecule has 0 aliphatic carbocycles. The van der Waals surface area contributed by atoms with Crippen LogP contribution in [0.15, 0.2) is 30.3 Å². The highest BCUT2D eigenvalue weighted by Crippen LogP contribution is 2.16. The first kappa shape index (κ1) is 16.5. The number of benzene rings is 1. The fourth-order valence-electron chi connectivity index (χ4n) is 2.85. The van der Waals surface area contributed by atoms with Crippen LogP contribution in [0.2, 0.25) is 0 Å². The van der Waals surface area contributed by atoms with Crippen LogP contribution in [0.25, 0.3) is 0 Å². The summed E-state index contributed by atoms with van der Waals surface area (Å²) in [5.74, 6) is -1.68. The summed E-state index contributed by atoms with van der Waals surface area (Å²) in [5, 5.41) is 21.4. The average Bonchev–Trinajstić information content (AvgIpc) is 2.96. The van der Waals surface area contributed by atoms with Crippen molar-refractivity contribution in [2.24, 2.45) is 0 Å². The third-order valence-electron chi connectivity index (χ3n) is 4.02. The lowest BCUT2D eigenvalue weighted by molar-refractivity contribution is -0.142. The Balaban J connectivity index is 1.82. The normalized spacial score (nSPS) is 19.9. The lowest BCUT2D eigenvalue weighted by Gasteiger charge is -2.22. The van der Waals surface area contributed by atoms with Crippen molar-refractivity contribution in [1.82, 2.24) is 10.2 Å². The minimum atomic E-state index is -0.889. The van der Waals surface area contributed by atoms with Crippen LogP contribution in [-0.4, -0.2) is 58.8 Å². The quantitative estimate of drug-likeness (QED) is 0.659. The minimum Gasteiger partial charge on any atom is -0.480 e. The van der Waals surface area contributed by atoms with Gasteiger partial charge in [-0.25, -0.2) is 0 Å². The predicted octanol–water partition coefficient (Wildman–Crippen LogP) is 0.821. The second-order valence-corrected chi connectivity index (χ2v) is 5.57. The molecule has 6 nitrogen and oxygen atoms in total. The standard InChI is InChI=1S/C16H22N2O4/c19-15(20)13(11-12-5-2-1-3-6-12)17-8-10-18-9-4-7-14(18)16(21)22/h1-3,5-6,13-14,17H,4,7-11H2,(H,19,20)(H,21,22)/t13-,14-/m0/s1. The van der Waals surface area contributed by atoms with Gasteiger partial charge in [-0.05, 0) is 31.4 Å². The molecule has 0 spiro atoms. The zero-order valence-electron chi connectivity index (χ0n) is 12.4. The topological polar surface area (TPSA) is 89.9 Å². The van der Waals surface area contributed by atoms with Gasteiger partial charge in [-0.3, -0.25) is 14.5 Å². The third-order valence-corrected chi connectivity index (χ3v) is 4.02. The lowest BCUT2D eigenvalue weighted by atomic mass is 10.1. The summed E-state index contributed by atoms with van der Waals surface area (Å²) in [7, 11) is 0. The van der Waals surface area contributed by atoms with E-state index in [2.05, 4.69) is 5.32 Å². The number of hydrogen-bond acceptors (Lipinski definition) is 4. The highest BCUT2D eigenvalue weighted by molar-refractivity contribution is 5.74. The zero-order chi connectivity index (χ0) is 15.9. The van der Waals surface area contributed by atoms with Gasteiger partial charge in [0.25, 0.3) is 0 Å². The fourth-order valence-corrected chi connectivity index (χ4v) is 2.85. The maximum Gasteiger partial charge on any atom is 0.321 e. The summed E-state index contributed by atoms with van der Waals surface area (Å²) in [6, 6.07) is 8.38. The SMILES string of the molecule is O=C(O)[C@H](Cc1ccccc1)NCCN1CCC[C@H]1C(=O)O. The maximum absolute atomic E-state index is 11.3. The Morgan fingerprint density at radius 2 is 2.00 bits per heavy atom. The number of nitrogens with one attached hydrogen (secondary N) is 1. The first-order valence-corrected chi connectivity index (χ1v) is 7.55. The first-order chi connectivity index (χ1) is 10.6. The van der Waals surface area contributed by atoms with Gasteiger partial charge in [-0.1, -0.05) is 30.3 Å².